The van der Waals surface area contributed by atoms with Crippen LogP contribution in [-0.2, 0) is 9.59 Å². The maximum atomic E-state index is 13.3. The Balaban J connectivity index is 2.80. The van der Waals surface area contributed by atoms with Crippen molar-refractivity contribution in [1.82, 2.24) is 4.90 Å². The van der Waals surface area contributed by atoms with Crippen LogP contribution in [0.1, 0.15) is 34.6 Å². The number of nitrogens with zero attached hydrogens (tertiary/aromatic N) is 1. The number of aliphatic carboxylic acids is 1. The highest BCUT2D eigenvalue weighted by Crippen LogP contribution is 2.33. The van der Waals surface area contributed by atoms with Crippen LogP contribution in [-0.4, -0.2) is 68.0 Å². The van der Waals surface area contributed by atoms with Gasteiger partial charge in [0.25, 0.3) is 17.1 Å². The van der Waals surface area contributed by atoms with Crippen LogP contribution in [0, 0.1) is 0 Å². The minimum Gasteiger partial charge on any atom is -0.479 e. The summed E-state index contributed by atoms with van der Waals surface area (Å²) in [4.78, 5) is 52.7. The van der Waals surface area contributed by atoms with Crippen LogP contribution in [0.15, 0.2) is 60.7 Å². The third-order valence-corrected chi connectivity index (χ3v) is 4.92. The number of carboxylic acid groups (broad SMARTS) is 1. The number of benzene rings is 2. The fourth-order valence-electron chi connectivity index (χ4n) is 3.17. The molecule has 8 nitrogen and oxygen atoms in total. The van der Waals surface area contributed by atoms with E-state index in [-0.39, 0.29) is 24.2 Å². The van der Waals surface area contributed by atoms with E-state index >= 15 is 0 Å². The van der Waals surface area contributed by atoms with Gasteiger partial charge in [-0.3, -0.25) is 14.4 Å². The third kappa shape index (κ3) is 3.62. The summed E-state index contributed by atoms with van der Waals surface area (Å²) in [5.41, 5.74) is -7.88. The summed E-state index contributed by atoms with van der Waals surface area (Å²) in [6.45, 7) is 3.12. The summed E-state index contributed by atoms with van der Waals surface area (Å²) in [7, 11) is 0. The Morgan fingerprint density at radius 2 is 1.10 bits per heavy atom. The van der Waals surface area contributed by atoms with Gasteiger partial charge in [-0.1, -0.05) is 60.7 Å². The fourth-order valence-corrected chi connectivity index (χ4v) is 3.17. The van der Waals surface area contributed by atoms with Crippen LogP contribution in [0.5, 0.6) is 0 Å². The Morgan fingerprint density at radius 3 is 1.43 bits per heavy atom. The molecule has 2 unspecified atom stereocenters. The van der Waals surface area contributed by atoms with Crippen LogP contribution in [0.2, 0.25) is 0 Å². The molecule has 1 amide bonds. The molecule has 0 aliphatic rings. The Morgan fingerprint density at radius 1 is 0.733 bits per heavy atom. The standard InChI is InChI=1S/C22H23NO7/c1-3-23(4-2)19(26)21(29,17(24)15-11-7-5-8-12-15)22(30,20(27)28)18(25)16-13-9-6-10-14-16/h5-14,29-30H,3-4H2,1-2H3,(H,27,28). The molecule has 0 aliphatic heterocycles. The van der Waals surface area contributed by atoms with Crippen LogP contribution in [0.25, 0.3) is 0 Å². The van der Waals surface area contributed by atoms with Crippen LogP contribution in [0.4, 0.5) is 0 Å². The fraction of sp³-hybridized carbons (Fsp3) is 0.273. The van der Waals surface area contributed by atoms with E-state index in [4.69, 9.17) is 0 Å². The van der Waals surface area contributed by atoms with E-state index in [9.17, 15) is 34.5 Å². The van der Waals surface area contributed by atoms with Crippen LogP contribution >= 0.6 is 0 Å². The van der Waals surface area contributed by atoms with Gasteiger partial charge in [0.1, 0.15) is 0 Å². The highest BCUT2D eigenvalue weighted by Gasteiger charge is 2.69. The summed E-state index contributed by atoms with van der Waals surface area (Å²) in [6.07, 6.45) is 0. The number of Topliss-reactive ketones (excluding diaryl/α,β-unsaturated/α-hetero) is 2. The Kier molecular flexibility index (Phi) is 6.86. The zero-order valence-electron chi connectivity index (χ0n) is 16.6. The van der Waals surface area contributed by atoms with E-state index in [1.807, 2.05) is 0 Å². The zero-order valence-corrected chi connectivity index (χ0v) is 16.6. The topological polar surface area (TPSA) is 132 Å². The number of carbonyl (C=O) groups is 4. The maximum absolute atomic E-state index is 13.3. The van der Waals surface area contributed by atoms with Crippen molar-refractivity contribution in [2.24, 2.45) is 0 Å². The van der Waals surface area contributed by atoms with E-state index < -0.39 is 34.6 Å². The summed E-state index contributed by atoms with van der Waals surface area (Å²) < 4.78 is 0. The quantitative estimate of drug-likeness (QED) is 0.415. The Hall–Kier alpha value is -3.36. The van der Waals surface area contributed by atoms with Crippen molar-refractivity contribution in [1.29, 1.82) is 0 Å². The molecule has 2 atom stereocenters. The lowest BCUT2D eigenvalue weighted by Gasteiger charge is -2.39. The number of rotatable bonds is 9. The normalized spacial score (nSPS) is 14.8. The van der Waals surface area contributed by atoms with Crippen molar-refractivity contribution >= 4 is 23.4 Å². The monoisotopic (exact) mass is 413 g/mol. The van der Waals surface area contributed by atoms with Gasteiger partial charge in [0.15, 0.2) is 0 Å². The highest BCUT2D eigenvalue weighted by molar-refractivity contribution is 6.29. The first kappa shape index (κ1) is 22.9. The molecule has 0 aromatic heterocycles. The molecule has 2 rings (SSSR count). The average Bonchev–Trinajstić information content (AvgIpc) is 2.78. The van der Waals surface area contributed by atoms with Crippen molar-refractivity contribution in [3.05, 3.63) is 71.8 Å². The second-order valence-electron chi connectivity index (χ2n) is 6.59. The Bertz CT molecular complexity index is 940. The first-order valence-electron chi connectivity index (χ1n) is 9.33. The van der Waals surface area contributed by atoms with Crippen molar-refractivity contribution in [2.75, 3.05) is 13.1 Å². The molecular weight excluding hydrogens is 390 g/mol. The second-order valence-corrected chi connectivity index (χ2v) is 6.59. The molecule has 0 heterocycles. The predicted molar refractivity (Wildman–Crippen MR) is 107 cm³/mol. The number of amides is 1. The summed E-state index contributed by atoms with van der Waals surface area (Å²) in [5.74, 6) is -6.48. The number of hydrogen-bond acceptors (Lipinski definition) is 6. The van der Waals surface area contributed by atoms with Crippen LogP contribution < -0.4 is 0 Å². The molecule has 2 aromatic carbocycles. The number of ketones is 2. The minimum absolute atomic E-state index is 0.00887. The van der Waals surface area contributed by atoms with Gasteiger partial charge < -0.3 is 20.2 Å². The number of hydrogen-bond donors (Lipinski definition) is 3. The van der Waals surface area contributed by atoms with Crippen molar-refractivity contribution in [2.45, 2.75) is 25.0 Å². The minimum atomic E-state index is -3.76. The lowest BCUT2D eigenvalue weighted by atomic mass is 9.72. The third-order valence-electron chi connectivity index (χ3n) is 4.92. The first-order chi connectivity index (χ1) is 14.2. The number of aliphatic hydroxyl groups is 2. The van der Waals surface area contributed by atoms with E-state index in [1.165, 1.54) is 48.5 Å². The van der Waals surface area contributed by atoms with Gasteiger partial charge in [-0.2, -0.15) is 0 Å². The van der Waals surface area contributed by atoms with Gasteiger partial charge in [0.2, 0.25) is 11.6 Å². The molecule has 30 heavy (non-hydrogen) atoms. The summed E-state index contributed by atoms with van der Waals surface area (Å²) in [5, 5.41) is 32.3. The van der Waals surface area contributed by atoms with Gasteiger partial charge >= 0.3 is 5.97 Å². The van der Waals surface area contributed by atoms with E-state index in [0.717, 1.165) is 4.90 Å². The predicted octanol–water partition coefficient (Wildman–Crippen LogP) is 1.17. The molecule has 0 saturated carbocycles. The van der Waals surface area contributed by atoms with Crippen LogP contribution in [0.3, 0.4) is 0 Å². The molecule has 0 aliphatic carbocycles. The van der Waals surface area contributed by atoms with Gasteiger partial charge in [-0.15, -0.1) is 0 Å². The molecule has 158 valence electrons. The van der Waals surface area contributed by atoms with Crippen molar-refractivity contribution in [3.8, 4) is 0 Å². The molecule has 0 spiro atoms. The Labute approximate surface area is 173 Å². The van der Waals surface area contributed by atoms with E-state index in [0.29, 0.717) is 0 Å². The summed E-state index contributed by atoms with van der Waals surface area (Å²) >= 11 is 0. The molecule has 8 heteroatoms. The highest BCUT2D eigenvalue weighted by atomic mass is 16.4. The smallest absolute Gasteiger partial charge is 0.348 e. The number of carboxylic acids is 1. The lowest BCUT2D eigenvalue weighted by Crippen LogP contribution is -2.73. The first-order valence-corrected chi connectivity index (χ1v) is 9.33. The molecule has 0 radical (unpaired) electrons. The summed E-state index contributed by atoms with van der Waals surface area (Å²) in [6, 6.07) is 13.8. The SMILES string of the molecule is CCN(CC)C(=O)C(O)(C(=O)c1ccccc1)C(O)(C(=O)O)C(=O)c1ccccc1. The van der Waals surface area contributed by atoms with Crippen molar-refractivity contribution in [3.63, 3.8) is 0 Å². The van der Waals surface area contributed by atoms with Gasteiger partial charge in [-0.05, 0) is 13.8 Å². The zero-order chi connectivity index (χ0) is 22.5. The molecule has 0 bridgehead atoms. The number of likely N-dealkylation sites (N-methyl/N-ethyl adjacent to an activating group) is 1. The molecular formula is C22H23NO7. The van der Waals surface area contributed by atoms with Crippen molar-refractivity contribution < 1.29 is 34.5 Å². The molecule has 0 fully saturated rings. The largest absolute Gasteiger partial charge is 0.479 e. The average molecular weight is 413 g/mol. The van der Waals surface area contributed by atoms with Gasteiger partial charge in [0.05, 0.1) is 0 Å². The molecule has 0 saturated heterocycles. The van der Waals surface area contributed by atoms with Gasteiger partial charge in [-0.25, -0.2) is 4.79 Å². The molecule has 2 aromatic rings. The van der Waals surface area contributed by atoms with Gasteiger partial charge in [0, 0.05) is 24.2 Å². The lowest BCUT2D eigenvalue weighted by molar-refractivity contribution is -0.183. The second kappa shape index (κ2) is 8.98. The van der Waals surface area contributed by atoms with E-state index in [1.54, 1.807) is 26.0 Å². The van der Waals surface area contributed by atoms with E-state index in [2.05, 4.69) is 0 Å². The molecule has 3 N–H and O–H groups in total. The maximum Gasteiger partial charge on any atom is 0.348 e. The number of carbonyl (C=O) groups excluding carboxylic acids is 3.